The van der Waals surface area contributed by atoms with E-state index in [4.69, 9.17) is 4.74 Å². The van der Waals surface area contributed by atoms with E-state index in [0.717, 1.165) is 0 Å². The van der Waals surface area contributed by atoms with E-state index in [-0.39, 0.29) is 11.5 Å². The average molecular weight is 230 g/mol. The van der Waals surface area contributed by atoms with E-state index in [1.54, 1.807) is 0 Å². The molecule has 4 heteroatoms. The summed E-state index contributed by atoms with van der Waals surface area (Å²) < 4.78 is 5.52. The van der Waals surface area contributed by atoms with Crippen molar-refractivity contribution in [1.29, 1.82) is 0 Å². The first-order valence-corrected chi connectivity index (χ1v) is 5.49. The molecule has 0 atom stereocenters. The van der Waals surface area contributed by atoms with E-state index in [9.17, 15) is 4.79 Å². The Hall–Kier alpha value is -2.10. The number of nitrogens with one attached hydrogen (secondary N) is 1. The molecule has 88 valence electrons. The van der Waals surface area contributed by atoms with Crippen LogP contribution >= 0.6 is 0 Å². The van der Waals surface area contributed by atoms with Gasteiger partial charge in [0.2, 0.25) is 5.88 Å². The molecule has 0 amide bonds. The molecule has 2 rings (SSSR count). The van der Waals surface area contributed by atoms with Crippen LogP contribution in [0.1, 0.15) is 25.6 Å². The van der Waals surface area contributed by atoms with Gasteiger partial charge in [0.25, 0.3) is 5.56 Å². The molecule has 0 aliphatic rings. The fourth-order valence-corrected chi connectivity index (χ4v) is 1.39. The van der Waals surface area contributed by atoms with E-state index < -0.39 is 0 Å². The number of H-pyrrole nitrogens is 1. The van der Waals surface area contributed by atoms with E-state index in [2.05, 4.69) is 9.97 Å². The van der Waals surface area contributed by atoms with Crippen molar-refractivity contribution in [2.75, 3.05) is 0 Å². The summed E-state index contributed by atoms with van der Waals surface area (Å²) in [5.74, 6) is 1.77. The Morgan fingerprint density at radius 3 is 2.59 bits per heavy atom. The van der Waals surface area contributed by atoms with E-state index in [1.165, 1.54) is 6.07 Å². The van der Waals surface area contributed by atoms with Crippen molar-refractivity contribution in [2.45, 2.75) is 19.8 Å². The largest absolute Gasteiger partial charge is 0.439 e. The Morgan fingerprint density at radius 1 is 1.24 bits per heavy atom. The van der Waals surface area contributed by atoms with Crippen LogP contribution in [-0.4, -0.2) is 9.97 Å². The zero-order valence-corrected chi connectivity index (χ0v) is 9.81. The lowest BCUT2D eigenvalue weighted by Crippen LogP contribution is -2.11. The molecule has 0 aliphatic carbocycles. The van der Waals surface area contributed by atoms with Crippen LogP contribution in [0.15, 0.2) is 41.2 Å². The smallest absolute Gasteiger partial charge is 0.254 e. The standard InChI is InChI=1S/C13H14N2O2/c1-9(2)13-14-11(16)8-12(15-13)17-10-6-4-3-5-7-10/h3-9H,1-2H3,(H,14,15,16). The topological polar surface area (TPSA) is 55.0 Å². The van der Waals surface area contributed by atoms with Gasteiger partial charge in [0.15, 0.2) is 0 Å². The Balaban J connectivity index is 2.30. The van der Waals surface area contributed by atoms with Crippen molar-refractivity contribution in [3.63, 3.8) is 0 Å². The maximum Gasteiger partial charge on any atom is 0.254 e. The summed E-state index contributed by atoms with van der Waals surface area (Å²) in [4.78, 5) is 18.4. The number of hydrogen-bond acceptors (Lipinski definition) is 3. The van der Waals surface area contributed by atoms with Crippen molar-refractivity contribution in [3.05, 3.63) is 52.6 Å². The third-order valence-electron chi connectivity index (χ3n) is 2.25. The average Bonchev–Trinajstić information content (AvgIpc) is 2.29. The van der Waals surface area contributed by atoms with Gasteiger partial charge in [0.05, 0.1) is 6.07 Å². The van der Waals surface area contributed by atoms with E-state index >= 15 is 0 Å². The molecule has 4 nitrogen and oxygen atoms in total. The minimum atomic E-state index is -0.199. The molecule has 0 saturated heterocycles. The molecule has 1 aromatic heterocycles. The number of ether oxygens (including phenoxy) is 1. The molecule has 2 aromatic rings. The molecule has 0 saturated carbocycles. The van der Waals surface area contributed by atoms with Crippen molar-refractivity contribution >= 4 is 0 Å². The summed E-state index contributed by atoms with van der Waals surface area (Å²) in [5.41, 5.74) is -0.199. The zero-order chi connectivity index (χ0) is 12.3. The van der Waals surface area contributed by atoms with Crippen LogP contribution in [0.3, 0.4) is 0 Å². The van der Waals surface area contributed by atoms with Crippen molar-refractivity contribution in [3.8, 4) is 11.6 Å². The van der Waals surface area contributed by atoms with Gasteiger partial charge < -0.3 is 9.72 Å². The van der Waals surface area contributed by atoms with E-state index in [0.29, 0.717) is 17.5 Å². The highest BCUT2D eigenvalue weighted by Gasteiger charge is 2.06. The second-order valence-corrected chi connectivity index (χ2v) is 4.04. The minimum Gasteiger partial charge on any atom is -0.439 e. The number of aromatic nitrogens is 2. The zero-order valence-electron chi connectivity index (χ0n) is 9.81. The number of hydrogen-bond donors (Lipinski definition) is 1. The Morgan fingerprint density at radius 2 is 1.94 bits per heavy atom. The summed E-state index contributed by atoms with van der Waals surface area (Å²) in [6.07, 6.45) is 0. The molecule has 1 heterocycles. The van der Waals surface area contributed by atoms with Crippen LogP contribution in [0.2, 0.25) is 0 Å². The number of nitrogens with zero attached hydrogens (tertiary/aromatic N) is 1. The second kappa shape index (κ2) is 4.82. The molecule has 0 bridgehead atoms. The molecule has 0 aliphatic heterocycles. The summed E-state index contributed by atoms with van der Waals surface area (Å²) in [5, 5.41) is 0. The molecule has 1 aromatic carbocycles. The van der Waals surface area contributed by atoms with Crippen LogP contribution in [0, 0.1) is 0 Å². The Kier molecular flexibility index (Phi) is 3.23. The molecule has 0 fully saturated rings. The van der Waals surface area contributed by atoms with Gasteiger partial charge in [0.1, 0.15) is 11.6 Å². The first-order valence-electron chi connectivity index (χ1n) is 5.49. The molecule has 0 radical (unpaired) electrons. The molecule has 0 spiro atoms. The SMILES string of the molecule is CC(C)c1nc(Oc2ccccc2)cc(=O)[nH]1. The highest BCUT2D eigenvalue weighted by atomic mass is 16.5. The Labute approximate surface area is 99.3 Å². The molecule has 0 unspecified atom stereocenters. The monoisotopic (exact) mass is 230 g/mol. The molecular formula is C13H14N2O2. The van der Waals surface area contributed by atoms with Gasteiger partial charge in [-0.25, -0.2) is 0 Å². The summed E-state index contributed by atoms with van der Waals surface area (Å²) >= 11 is 0. The number of rotatable bonds is 3. The number of aromatic amines is 1. The van der Waals surface area contributed by atoms with Crippen LogP contribution in [0.5, 0.6) is 11.6 Å². The maximum absolute atomic E-state index is 11.4. The lowest BCUT2D eigenvalue weighted by atomic mass is 10.2. The van der Waals surface area contributed by atoms with Crippen LogP contribution in [-0.2, 0) is 0 Å². The summed E-state index contributed by atoms with van der Waals surface area (Å²) in [7, 11) is 0. The maximum atomic E-state index is 11.4. The lowest BCUT2D eigenvalue weighted by Gasteiger charge is -2.07. The first-order chi connectivity index (χ1) is 8.15. The predicted octanol–water partition coefficient (Wildman–Crippen LogP) is 2.69. The van der Waals surface area contributed by atoms with Gasteiger partial charge in [-0.05, 0) is 12.1 Å². The highest BCUT2D eigenvalue weighted by Crippen LogP contribution is 2.18. The fraction of sp³-hybridized carbons (Fsp3) is 0.231. The van der Waals surface area contributed by atoms with Crippen LogP contribution < -0.4 is 10.3 Å². The molecule has 17 heavy (non-hydrogen) atoms. The van der Waals surface area contributed by atoms with Gasteiger partial charge >= 0.3 is 0 Å². The first kappa shape index (κ1) is 11.4. The lowest BCUT2D eigenvalue weighted by molar-refractivity contribution is 0.455. The third kappa shape index (κ3) is 2.93. The van der Waals surface area contributed by atoms with Gasteiger partial charge in [-0.15, -0.1) is 0 Å². The fourth-order valence-electron chi connectivity index (χ4n) is 1.39. The second-order valence-electron chi connectivity index (χ2n) is 4.04. The van der Waals surface area contributed by atoms with Crippen molar-refractivity contribution in [1.82, 2.24) is 9.97 Å². The van der Waals surface area contributed by atoms with Crippen LogP contribution in [0.4, 0.5) is 0 Å². The number of benzene rings is 1. The van der Waals surface area contributed by atoms with Crippen molar-refractivity contribution < 1.29 is 4.74 Å². The van der Waals surface area contributed by atoms with Gasteiger partial charge in [-0.3, -0.25) is 4.79 Å². The molecule has 1 N–H and O–H groups in total. The third-order valence-corrected chi connectivity index (χ3v) is 2.25. The van der Waals surface area contributed by atoms with Gasteiger partial charge in [-0.1, -0.05) is 32.0 Å². The minimum absolute atomic E-state index is 0.155. The summed E-state index contributed by atoms with van der Waals surface area (Å²) in [6.45, 7) is 3.93. The van der Waals surface area contributed by atoms with Crippen molar-refractivity contribution in [2.24, 2.45) is 0 Å². The normalized spacial score (nSPS) is 10.5. The quantitative estimate of drug-likeness (QED) is 0.881. The van der Waals surface area contributed by atoms with Gasteiger partial charge in [0, 0.05) is 5.92 Å². The van der Waals surface area contributed by atoms with Crippen LogP contribution in [0.25, 0.3) is 0 Å². The Bertz CT molecular complexity index is 547. The molecular weight excluding hydrogens is 216 g/mol. The predicted molar refractivity (Wildman–Crippen MR) is 65.5 cm³/mol. The highest BCUT2D eigenvalue weighted by molar-refractivity contribution is 5.26. The van der Waals surface area contributed by atoms with Gasteiger partial charge in [-0.2, -0.15) is 4.98 Å². The van der Waals surface area contributed by atoms with E-state index in [1.807, 2.05) is 44.2 Å². The number of para-hydroxylation sites is 1. The summed E-state index contributed by atoms with van der Waals surface area (Å²) in [6, 6.07) is 10.6.